The highest BCUT2D eigenvalue weighted by molar-refractivity contribution is 8.13. The van der Waals surface area contributed by atoms with Crippen LogP contribution in [0.1, 0.15) is 5.56 Å². The zero-order valence-electron chi connectivity index (χ0n) is 14.0. The number of anilines is 1. The molecule has 0 saturated carbocycles. The summed E-state index contributed by atoms with van der Waals surface area (Å²) in [5, 5.41) is 2.48. The van der Waals surface area contributed by atoms with Gasteiger partial charge < -0.3 is 4.90 Å². The van der Waals surface area contributed by atoms with Gasteiger partial charge in [0.25, 0.3) is 0 Å². The number of nitrogens with zero attached hydrogens (tertiary/aromatic N) is 2. The molecule has 2 aliphatic rings. The standard InChI is InChI=1S/C18H15Cl3N2O2S2/c19-12-3-1-11(2-4-12)8-26-18-22-16-9-27(24,25)10-17(16)23(18)15-6-13(20)5-14(21)7-15/h1-7,16-17H,8-10H2/t16-,17-/m1/s1. The van der Waals surface area contributed by atoms with Crippen LogP contribution in [0, 0.1) is 0 Å². The van der Waals surface area contributed by atoms with Crippen molar-refractivity contribution in [1.82, 2.24) is 0 Å². The van der Waals surface area contributed by atoms with Gasteiger partial charge in [-0.05, 0) is 35.9 Å². The zero-order valence-corrected chi connectivity index (χ0v) is 17.9. The SMILES string of the molecule is O=S1(=O)C[C@@H]2[C@@H](C1)N=C(SCc1ccc(Cl)cc1)N2c1cc(Cl)cc(Cl)c1. The quantitative estimate of drug-likeness (QED) is 0.651. The molecular formula is C18H15Cl3N2O2S2. The van der Waals surface area contributed by atoms with Crippen LogP contribution in [-0.4, -0.2) is 37.2 Å². The predicted octanol–water partition coefficient (Wildman–Crippen LogP) is 4.92. The minimum atomic E-state index is -3.10. The van der Waals surface area contributed by atoms with Gasteiger partial charge in [0.15, 0.2) is 15.0 Å². The summed E-state index contributed by atoms with van der Waals surface area (Å²) < 4.78 is 24.2. The number of sulfone groups is 1. The number of aliphatic imine (C=N–C) groups is 1. The maximum Gasteiger partial charge on any atom is 0.164 e. The highest BCUT2D eigenvalue weighted by Gasteiger charge is 2.47. The van der Waals surface area contributed by atoms with Gasteiger partial charge in [-0.1, -0.05) is 58.7 Å². The van der Waals surface area contributed by atoms with Crippen LogP contribution in [0.15, 0.2) is 47.5 Å². The molecule has 2 aromatic carbocycles. The summed E-state index contributed by atoms with van der Waals surface area (Å²) in [6.07, 6.45) is 0. The van der Waals surface area contributed by atoms with Gasteiger partial charge in [-0.3, -0.25) is 4.99 Å². The van der Waals surface area contributed by atoms with Crippen molar-refractivity contribution < 1.29 is 8.42 Å². The summed E-state index contributed by atoms with van der Waals surface area (Å²) >= 11 is 19.9. The van der Waals surface area contributed by atoms with Crippen LogP contribution in [0.3, 0.4) is 0 Å². The Morgan fingerprint density at radius 2 is 1.67 bits per heavy atom. The number of amidine groups is 1. The zero-order chi connectivity index (χ0) is 19.2. The first kappa shape index (κ1) is 19.4. The van der Waals surface area contributed by atoms with E-state index in [1.807, 2.05) is 29.2 Å². The summed E-state index contributed by atoms with van der Waals surface area (Å²) in [5.41, 5.74) is 1.88. The first-order chi connectivity index (χ1) is 12.8. The van der Waals surface area contributed by atoms with Crippen molar-refractivity contribution >= 4 is 67.3 Å². The van der Waals surface area contributed by atoms with Gasteiger partial charge in [0.05, 0.1) is 23.6 Å². The molecule has 4 rings (SSSR count). The average Bonchev–Trinajstić information content (AvgIpc) is 3.04. The number of halogens is 3. The molecule has 27 heavy (non-hydrogen) atoms. The number of hydrogen-bond acceptors (Lipinski definition) is 5. The average molecular weight is 462 g/mol. The van der Waals surface area contributed by atoms with Crippen LogP contribution < -0.4 is 4.90 Å². The van der Waals surface area contributed by atoms with Crippen molar-refractivity contribution in [3.05, 3.63) is 63.1 Å². The normalized spacial score (nSPS) is 23.4. The summed E-state index contributed by atoms with van der Waals surface area (Å²) in [6.45, 7) is 0. The molecular weight excluding hydrogens is 447 g/mol. The lowest BCUT2D eigenvalue weighted by atomic mass is 10.1. The Labute approximate surface area is 177 Å². The first-order valence-corrected chi connectivity index (χ1v) is 12.2. The molecule has 2 atom stereocenters. The largest absolute Gasteiger partial charge is 0.315 e. The van der Waals surface area contributed by atoms with E-state index in [0.29, 0.717) is 20.8 Å². The molecule has 2 aromatic rings. The van der Waals surface area contributed by atoms with Gasteiger partial charge in [0, 0.05) is 26.5 Å². The molecule has 1 saturated heterocycles. The van der Waals surface area contributed by atoms with Gasteiger partial charge in [0.1, 0.15) is 0 Å². The second-order valence-electron chi connectivity index (χ2n) is 6.54. The second kappa shape index (κ2) is 7.48. The van der Waals surface area contributed by atoms with Crippen LogP contribution in [0.4, 0.5) is 5.69 Å². The minimum absolute atomic E-state index is 0.0769. The van der Waals surface area contributed by atoms with Crippen molar-refractivity contribution in [3.63, 3.8) is 0 Å². The number of hydrogen-bond donors (Lipinski definition) is 0. The molecule has 0 bridgehead atoms. The van der Waals surface area contributed by atoms with Crippen LogP contribution in [0.2, 0.25) is 15.1 Å². The third kappa shape index (κ3) is 4.25. The maximum absolute atomic E-state index is 12.1. The van der Waals surface area contributed by atoms with E-state index in [1.165, 1.54) is 0 Å². The minimum Gasteiger partial charge on any atom is -0.315 e. The Morgan fingerprint density at radius 3 is 2.33 bits per heavy atom. The molecule has 9 heteroatoms. The van der Waals surface area contributed by atoms with E-state index in [4.69, 9.17) is 39.8 Å². The van der Waals surface area contributed by atoms with Gasteiger partial charge in [-0.15, -0.1) is 0 Å². The summed E-state index contributed by atoms with van der Waals surface area (Å²) in [6, 6.07) is 12.4. The molecule has 0 spiro atoms. The third-order valence-electron chi connectivity index (χ3n) is 4.51. The molecule has 2 aliphatic heterocycles. The summed E-state index contributed by atoms with van der Waals surface area (Å²) in [7, 11) is -3.10. The number of thioether (sulfide) groups is 1. The highest BCUT2D eigenvalue weighted by atomic mass is 35.5. The number of benzene rings is 2. The topological polar surface area (TPSA) is 49.7 Å². The molecule has 4 nitrogen and oxygen atoms in total. The van der Waals surface area contributed by atoms with E-state index >= 15 is 0 Å². The second-order valence-corrected chi connectivity index (χ2v) is 10.9. The van der Waals surface area contributed by atoms with E-state index in [-0.39, 0.29) is 23.6 Å². The van der Waals surface area contributed by atoms with Crippen molar-refractivity contribution in [2.24, 2.45) is 4.99 Å². The molecule has 0 radical (unpaired) electrons. The van der Waals surface area contributed by atoms with Crippen molar-refractivity contribution in [2.75, 3.05) is 16.4 Å². The van der Waals surface area contributed by atoms with Gasteiger partial charge in [0.2, 0.25) is 0 Å². The fourth-order valence-corrected chi connectivity index (χ4v) is 6.91. The summed E-state index contributed by atoms with van der Waals surface area (Å²) in [4.78, 5) is 6.68. The Balaban J connectivity index is 1.64. The summed E-state index contributed by atoms with van der Waals surface area (Å²) in [5.74, 6) is 0.858. The van der Waals surface area contributed by atoms with Crippen molar-refractivity contribution in [2.45, 2.75) is 17.8 Å². The lowest BCUT2D eigenvalue weighted by Gasteiger charge is -2.27. The lowest BCUT2D eigenvalue weighted by Crippen LogP contribution is -2.39. The Kier molecular flexibility index (Phi) is 5.38. The fraction of sp³-hybridized carbons (Fsp3) is 0.278. The molecule has 0 amide bonds. The van der Waals surface area contributed by atoms with Crippen LogP contribution in [0.25, 0.3) is 0 Å². The first-order valence-electron chi connectivity index (χ1n) is 8.21. The Morgan fingerprint density at radius 1 is 1.00 bits per heavy atom. The Hall–Kier alpha value is -0.920. The maximum atomic E-state index is 12.1. The number of fused-ring (bicyclic) bond motifs is 1. The molecule has 1 fully saturated rings. The Bertz CT molecular complexity index is 990. The van der Waals surface area contributed by atoms with E-state index in [2.05, 4.69) is 0 Å². The van der Waals surface area contributed by atoms with E-state index in [0.717, 1.165) is 16.4 Å². The van der Waals surface area contributed by atoms with Gasteiger partial charge in [-0.25, -0.2) is 8.42 Å². The molecule has 0 unspecified atom stereocenters. The molecule has 0 aromatic heterocycles. The molecule has 0 aliphatic carbocycles. The fourth-order valence-electron chi connectivity index (χ4n) is 3.34. The molecule has 2 heterocycles. The van der Waals surface area contributed by atoms with Gasteiger partial charge >= 0.3 is 0 Å². The van der Waals surface area contributed by atoms with Crippen LogP contribution in [0.5, 0.6) is 0 Å². The molecule has 142 valence electrons. The highest BCUT2D eigenvalue weighted by Crippen LogP contribution is 2.38. The van der Waals surface area contributed by atoms with Crippen molar-refractivity contribution in [3.8, 4) is 0 Å². The smallest absolute Gasteiger partial charge is 0.164 e. The van der Waals surface area contributed by atoms with Crippen LogP contribution >= 0.6 is 46.6 Å². The number of rotatable bonds is 3. The third-order valence-corrected chi connectivity index (χ3v) is 7.94. The predicted molar refractivity (Wildman–Crippen MR) is 115 cm³/mol. The van der Waals surface area contributed by atoms with E-state index < -0.39 is 9.84 Å². The van der Waals surface area contributed by atoms with E-state index in [9.17, 15) is 8.42 Å². The lowest BCUT2D eigenvalue weighted by molar-refractivity contribution is 0.601. The monoisotopic (exact) mass is 460 g/mol. The van der Waals surface area contributed by atoms with E-state index in [1.54, 1.807) is 30.0 Å². The van der Waals surface area contributed by atoms with Crippen LogP contribution in [-0.2, 0) is 15.6 Å². The van der Waals surface area contributed by atoms with Crippen molar-refractivity contribution in [1.29, 1.82) is 0 Å². The molecule has 0 N–H and O–H groups in total. The van der Waals surface area contributed by atoms with Gasteiger partial charge in [-0.2, -0.15) is 0 Å².